The van der Waals surface area contributed by atoms with Crippen molar-refractivity contribution in [2.75, 3.05) is 16.8 Å². The Kier molecular flexibility index (Phi) is 7.07. The van der Waals surface area contributed by atoms with Crippen LogP contribution < -0.4 is 5.32 Å². The van der Waals surface area contributed by atoms with Crippen molar-refractivity contribution in [3.8, 4) is 0 Å². The molecule has 196 valence electrons. The highest BCUT2D eigenvalue weighted by Gasteiger charge is 2.33. The maximum absolute atomic E-state index is 13.0. The zero-order valence-corrected chi connectivity index (χ0v) is 24.1. The molecule has 10 heteroatoms. The van der Waals surface area contributed by atoms with Gasteiger partial charge >= 0.3 is 0 Å². The fourth-order valence-electron chi connectivity index (χ4n) is 4.78. The smallest absolute Gasteiger partial charge is 0.234 e. The molecule has 0 saturated carbocycles. The number of anilines is 1. The van der Waals surface area contributed by atoms with Crippen LogP contribution in [0.4, 0.5) is 5.69 Å². The van der Waals surface area contributed by atoms with Crippen LogP contribution in [-0.2, 0) is 22.6 Å². The van der Waals surface area contributed by atoms with Crippen LogP contribution in [0.15, 0.2) is 52.8 Å². The molecule has 38 heavy (non-hydrogen) atoms. The van der Waals surface area contributed by atoms with Gasteiger partial charge in [0.05, 0.1) is 23.3 Å². The molecule has 1 N–H and O–H groups in total. The highest BCUT2D eigenvalue weighted by Crippen LogP contribution is 2.42. The van der Waals surface area contributed by atoms with Gasteiger partial charge in [-0.25, -0.2) is 9.38 Å². The highest BCUT2D eigenvalue weighted by molar-refractivity contribution is 8.00. The number of fused-ring (bicyclic) bond motifs is 6. The summed E-state index contributed by atoms with van der Waals surface area (Å²) in [7, 11) is 0. The zero-order valence-electron chi connectivity index (χ0n) is 21.6. The topological polar surface area (TPSA) is 81.4 Å². The standard InChI is InChI=1S/C28H29N5O2S3/c1-4-13-36-26-30-25-23(19-14-28(3,5-2)35-15-21(19)38-25)24-31-32-27(33(24)26)37-16-22(34)29-20-12-8-10-17-9-6-7-11-18(17)20/h6-12H,4-5,13-16H2,1-3H3,(H,29,34)/t28-/m0/s1. The number of rotatable bonds is 8. The quantitative estimate of drug-likeness (QED) is 0.161. The number of hydrogen-bond acceptors (Lipinski definition) is 8. The highest BCUT2D eigenvalue weighted by atomic mass is 32.2. The number of hydrogen-bond donors (Lipinski definition) is 1. The van der Waals surface area contributed by atoms with Gasteiger partial charge in [-0.3, -0.25) is 4.79 Å². The van der Waals surface area contributed by atoms with E-state index in [2.05, 4.69) is 36.3 Å². The maximum atomic E-state index is 13.0. The second kappa shape index (κ2) is 10.5. The lowest BCUT2D eigenvalue weighted by molar-refractivity contribution is -0.113. The van der Waals surface area contributed by atoms with E-state index in [0.717, 1.165) is 62.5 Å². The molecule has 0 spiro atoms. The summed E-state index contributed by atoms with van der Waals surface area (Å²) in [4.78, 5) is 20.3. The Labute approximate surface area is 233 Å². The Balaban J connectivity index is 1.33. The van der Waals surface area contributed by atoms with Crippen LogP contribution >= 0.6 is 34.9 Å². The van der Waals surface area contributed by atoms with Crippen LogP contribution in [0.3, 0.4) is 0 Å². The Morgan fingerprint density at radius 1 is 1.13 bits per heavy atom. The van der Waals surface area contributed by atoms with E-state index in [1.807, 2.05) is 46.9 Å². The van der Waals surface area contributed by atoms with Crippen LogP contribution in [0.25, 0.3) is 26.6 Å². The van der Waals surface area contributed by atoms with Gasteiger partial charge in [0.15, 0.2) is 16.0 Å². The van der Waals surface area contributed by atoms with Crippen molar-refractivity contribution in [3.63, 3.8) is 0 Å². The first-order chi connectivity index (χ1) is 18.5. The molecule has 1 amide bonds. The molecule has 0 bridgehead atoms. The Bertz CT molecular complexity index is 1660. The second-order valence-corrected chi connectivity index (χ2v) is 12.8. The summed E-state index contributed by atoms with van der Waals surface area (Å²) in [6.45, 7) is 7.11. The third kappa shape index (κ3) is 4.68. The minimum absolute atomic E-state index is 0.0799. The lowest BCUT2D eigenvalue weighted by Crippen LogP contribution is -2.33. The minimum Gasteiger partial charge on any atom is -0.369 e. The molecule has 0 fully saturated rings. The third-order valence-corrected chi connectivity index (χ3v) is 10.2. The lowest BCUT2D eigenvalue weighted by atomic mass is 9.90. The van der Waals surface area contributed by atoms with Crippen LogP contribution in [0.5, 0.6) is 0 Å². The van der Waals surface area contributed by atoms with E-state index in [9.17, 15) is 4.79 Å². The number of benzene rings is 2. The average molecular weight is 564 g/mol. The normalized spacial score (nSPS) is 17.3. The Morgan fingerprint density at radius 2 is 1.97 bits per heavy atom. The van der Waals surface area contributed by atoms with Gasteiger partial charge in [-0.1, -0.05) is 73.8 Å². The molecule has 3 aromatic heterocycles. The molecule has 7 nitrogen and oxygen atoms in total. The van der Waals surface area contributed by atoms with Crippen molar-refractivity contribution in [3.05, 3.63) is 52.9 Å². The van der Waals surface area contributed by atoms with Gasteiger partial charge in [0.1, 0.15) is 4.83 Å². The van der Waals surface area contributed by atoms with Gasteiger partial charge in [0.25, 0.3) is 0 Å². The zero-order chi connectivity index (χ0) is 26.3. The number of amides is 1. The van der Waals surface area contributed by atoms with E-state index in [1.54, 1.807) is 23.1 Å². The van der Waals surface area contributed by atoms with Crippen molar-refractivity contribution < 1.29 is 9.53 Å². The monoisotopic (exact) mass is 563 g/mol. The van der Waals surface area contributed by atoms with E-state index in [0.29, 0.717) is 11.8 Å². The summed E-state index contributed by atoms with van der Waals surface area (Å²) >= 11 is 4.80. The number of nitrogens with zero attached hydrogens (tertiary/aromatic N) is 4. The predicted octanol–water partition coefficient (Wildman–Crippen LogP) is 6.97. The van der Waals surface area contributed by atoms with Crippen LogP contribution in [-0.4, -0.2) is 42.6 Å². The number of carbonyl (C=O) groups is 1. The minimum atomic E-state index is -0.190. The second-order valence-electron chi connectivity index (χ2n) is 9.70. The molecule has 0 unspecified atom stereocenters. The van der Waals surface area contributed by atoms with Crippen molar-refractivity contribution in [2.24, 2.45) is 0 Å². The van der Waals surface area contributed by atoms with Gasteiger partial charge in [-0.05, 0) is 36.8 Å². The molecule has 0 saturated heterocycles. The van der Waals surface area contributed by atoms with Gasteiger partial charge in [-0.2, -0.15) is 0 Å². The molecule has 1 aliphatic heterocycles. The SMILES string of the molecule is CCCSc1nc2sc3c(c2c2nnc(SCC(=O)Nc4cccc5ccccc45)n12)C[C@](C)(CC)OC3. The Morgan fingerprint density at radius 3 is 2.82 bits per heavy atom. The van der Waals surface area contributed by atoms with Gasteiger partial charge < -0.3 is 10.1 Å². The Hall–Kier alpha value is -2.66. The first kappa shape index (κ1) is 25.6. The number of aromatic nitrogens is 4. The summed E-state index contributed by atoms with van der Waals surface area (Å²) in [5.41, 5.74) is 2.73. The summed E-state index contributed by atoms with van der Waals surface area (Å²) in [5, 5.41) is 17.0. The summed E-state index contributed by atoms with van der Waals surface area (Å²) in [5.74, 6) is 1.09. The molecule has 0 aliphatic carbocycles. The van der Waals surface area contributed by atoms with Gasteiger partial charge in [-0.15, -0.1) is 21.5 Å². The molecule has 0 radical (unpaired) electrons. The maximum Gasteiger partial charge on any atom is 0.234 e. The number of thiophene rings is 1. The molecular weight excluding hydrogens is 535 g/mol. The molecular formula is C28H29N5O2S3. The largest absolute Gasteiger partial charge is 0.369 e. The third-order valence-electron chi connectivity index (χ3n) is 7.00. The molecule has 1 aliphatic rings. The van der Waals surface area contributed by atoms with E-state index >= 15 is 0 Å². The van der Waals surface area contributed by atoms with Crippen LogP contribution in [0.2, 0.25) is 0 Å². The average Bonchev–Trinajstić information content (AvgIpc) is 3.51. The molecule has 4 heterocycles. The van der Waals surface area contributed by atoms with E-state index in [4.69, 9.17) is 9.72 Å². The first-order valence-corrected chi connectivity index (χ1v) is 15.6. The van der Waals surface area contributed by atoms with Crippen molar-refractivity contribution in [2.45, 2.75) is 62.6 Å². The van der Waals surface area contributed by atoms with E-state index < -0.39 is 0 Å². The molecule has 5 aromatic rings. The number of thioether (sulfide) groups is 2. The summed E-state index contributed by atoms with van der Waals surface area (Å²) in [6, 6.07) is 14.0. The van der Waals surface area contributed by atoms with Crippen molar-refractivity contribution >= 4 is 73.1 Å². The number of carbonyl (C=O) groups excluding carboxylic acids is 1. The molecule has 6 rings (SSSR count). The predicted molar refractivity (Wildman–Crippen MR) is 158 cm³/mol. The molecule has 2 aromatic carbocycles. The number of ether oxygens (including phenoxy) is 1. The summed E-state index contributed by atoms with van der Waals surface area (Å²) < 4.78 is 8.26. The number of nitrogens with one attached hydrogen (secondary N) is 1. The van der Waals surface area contributed by atoms with Crippen LogP contribution in [0.1, 0.15) is 44.1 Å². The first-order valence-electron chi connectivity index (χ1n) is 12.9. The van der Waals surface area contributed by atoms with Gasteiger partial charge in [0, 0.05) is 28.1 Å². The van der Waals surface area contributed by atoms with E-state index in [1.165, 1.54) is 22.2 Å². The molecule has 1 atom stereocenters. The fraction of sp³-hybridized carbons (Fsp3) is 0.357. The van der Waals surface area contributed by atoms with Crippen LogP contribution in [0, 0.1) is 0 Å². The fourth-order valence-corrected chi connectivity index (χ4v) is 7.57. The van der Waals surface area contributed by atoms with Gasteiger partial charge in [0.2, 0.25) is 5.91 Å². The lowest BCUT2D eigenvalue weighted by Gasteiger charge is -2.33. The van der Waals surface area contributed by atoms with Crippen molar-refractivity contribution in [1.29, 1.82) is 0 Å². The van der Waals surface area contributed by atoms with E-state index in [-0.39, 0.29) is 17.3 Å². The summed E-state index contributed by atoms with van der Waals surface area (Å²) in [6.07, 6.45) is 2.81. The van der Waals surface area contributed by atoms with Crippen molar-refractivity contribution in [1.82, 2.24) is 19.6 Å².